The van der Waals surface area contributed by atoms with Gasteiger partial charge in [0.05, 0.1) is 0 Å². The lowest BCUT2D eigenvalue weighted by atomic mass is 10.1. The van der Waals surface area contributed by atoms with E-state index in [4.69, 9.17) is 5.73 Å². The SMILES string of the molecule is CCCN(CCN(C(N)=O)c1ccc(O)cc1)C(C)(C)C. The van der Waals surface area contributed by atoms with Crippen molar-refractivity contribution < 1.29 is 9.90 Å². The van der Waals surface area contributed by atoms with Gasteiger partial charge in [-0.25, -0.2) is 4.79 Å². The predicted molar refractivity (Wildman–Crippen MR) is 86.7 cm³/mol. The third-order valence-corrected chi connectivity index (χ3v) is 3.46. The maximum atomic E-state index is 11.7. The zero-order valence-electron chi connectivity index (χ0n) is 13.5. The summed E-state index contributed by atoms with van der Waals surface area (Å²) in [5, 5.41) is 9.33. The van der Waals surface area contributed by atoms with Gasteiger partial charge in [-0.2, -0.15) is 0 Å². The average molecular weight is 293 g/mol. The second-order valence-electron chi connectivity index (χ2n) is 6.16. The third kappa shape index (κ3) is 5.27. The summed E-state index contributed by atoms with van der Waals surface area (Å²) in [6, 6.07) is 6.02. The van der Waals surface area contributed by atoms with E-state index in [2.05, 4.69) is 32.6 Å². The molecule has 0 radical (unpaired) electrons. The van der Waals surface area contributed by atoms with Gasteiger partial charge in [0.2, 0.25) is 0 Å². The normalized spacial score (nSPS) is 11.7. The topological polar surface area (TPSA) is 69.8 Å². The number of phenols is 1. The molecule has 0 heterocycles. The Kier molecular flexibility index (Phi) is 6.03. The van der Waals surface area contributed by atoms with Crippen LogP contribution in [-0.4, -0.2) is 41.2 Å². The van der Waals surface area contributed by atoms with E-state index in [1.165, 1.54) is 4.90 Å². The molecule has 0 saturated heterocycles. The molecular formula is C16H27N3O2. The van der Waals surface area contributed by atoms with Gasteiger partial charge in [0, 0.05) is 24.3 Å². The van der Waals surface area contributed by atoms with E-state index >= 15 is 0 Å². The first kappa shape index (κ1) is 17.3. The minimum absolute atomic E-state index is 0.0499. The zero-order valence-corrected chi connectivity index (χ0v) is 13.5. The molecule has 1 aromatic carbocycles. The van der Waals surface area contributed by atoms with E-state index < -0.39 is 6.03 Å². The number of nitrogens with two attached hydrogens (primary N) is 1. The van der Waals surface area contributed by atoms with Gasteiger partial charge in [0.1, 0.15) is 5.75 Å². The van der Waals surface area contributed by atoms with Crippen LogP contribution >= 0.6 is 0 Å². The molecule has 118 valence electrons. The smallest absolute Gasteiger partial charge is 0.319 e. The number of amides is 2. The van der Waals surface area contributed by atoms with Gasteiger partial charge in [-0.1, -0.05) is 6.92 Å². The second-order valence-corrected chi connectivity index (χ2v) is 6.16. The van der Waals surface area contributed by atoms with Gasteiger partial charge in [-0.05, 0) is 58.0 Å². The minimum Gasteiger partial charge on any atom is -0.508 e. The molecule has 0 aliphatic heterocycles. The van der Waals surface area contributed by atoms with Crippen molar-refractivity contribution in [2.45, 2.75) is 39.7 Å². The number of benzene rings is 1. The van der Waals surface area contributed by atoms with Crippen molar-refractivity contribution in [3.8, 4) is 5.75 Å². The number of carbonyl (C=O) groups excluding carboxylic acids is 1. The highest BCUT2D eigenvalue weighted by Crippen LogP contribution is 2.19. The van der Waals surface area contributed by atoms with Crippen LogP contribution in [0.15, 0.2) is 24.3 Å². The predicted octanol–water partition coefficient (Wildman–Crippen LogP) is 2.79. The van der Waals surface area contributed by atoms with Crippen LogP contribution < -0.4 is 10.6 Å². The molecule has 0 aliphatic carbocycles. The minimum atomic E-state index is -0.481. The van der Waals surface area contributed by atoms with Crippen LogP contribution in [0.4, 0.5) is 10.5 Å². The summed E-state index contributed by atoms with van der Waals surface area (Å²) in [7, 11) is 0. The van der Waals surface area contributed by atoms with Gasteiger partial charge >= 0.3 is 6.03 Å². The van der Waals surface area contributed by atoms with E-state index in [1.54, 1.807) is 24.3 Å². The maximum Gasteiger partial charge on any atom is 0.319 e. The Morgan fingerprint density at radius 2 is 1.71 bits per heavy atom. The molecule has 0 saturated carbocycles. The van der Waals surface area contributed by atoms with E-state index in [9.17, 15) is 9.90 Å². The van der Waals surface area contributed by atoms with Crippen molar-refractivity contribution in [3.05, 3.63) is 24.3 Å². The fourth-order valence-corrected chi connectivity index (χ4v) is 2.27. The van der Waals surface area contributed by atoms with Crippen LogP contribution in [0.3, 0.4) is 0 Å². The lowest BCUT2D eigenvalue weighted by Gasteiger charge is -2.36. The Labute approximate surface area is 127 Å². The summed E-state index contributed by atoms with van der Waals surface area (Å²) < 4.78 is 0. The van der Waals surface area contributed by atoms with Crippen molar-refractivity contribution in [2.75, 3.05) is 24.5 Å². The number of carbonyl (C=O) groups is 1. The molecule has 1 rings (SSSR count). The van der Waals surface area contributed by atoms with Crippen LogP contribution in [0.2, 0.25) is 0 Å². The van der Waals surface area contributed by atoms with Gasteiger partial charge < -0.3 is 10.8 Å². The fraction of sp³-hybridized carbons (Fsp3) is 0.562. The van der Waals surface area contributed by atoms with Crippen LogP contribution in [0.5, 0.6) is 5.75 Å². The summed E-state index contributed by atoms with van der Waals surface area (Å²) >= 11 is 0. The molecule has 0 spiro atoms. The number of primary amides is 1. The van der Waals surface area contributed by atoms with Crippen molar-refractivity contribution >= 4 is 11.7 Å². The zero-order chi connectivity index (χ0) is 16.0. The van der Waals surface area contributed by atoms with Gasteiger partial charge in [-0.3, -0.25) is 9.80 Å². The van der Waals surface area contributed by atoms with Crippen LogP contribution in [0, 0.1) is 0 Å². The molecule has 0 aromatic heterocycles. The van der Waals surface area contributed by atoms with Crippen LogP contribution in [0.25, 0.3) is 0 Å². The van der Waals surface area contributed by atoms with E-state index in [-0.39, 0.29) is 11.3 Å². The second kappa shape index (κ2) is 7.31. The number of rotatable bonds is 6. The van der Waals surface area contributed by atoms with E-state index in [1.807, 2.05) is 0 Å². The number of phenolic OH excluding ortho intramolecular Hbond substituents is 1. The third-order valence-electron chi connectivity index (χ3n) is 3.46. The Bertz CT molecular complexity index is 452. The summed E-state index contributed by atoms with van der Waals surface area (Å²) in [6.45, 7) is 10.9. The Hall–Kier alpha value is -1.75. The number of aromatic hydroxyl groups is 1. The van der Waals surface area contributed by atoms with E-state index in [0.29, 0.717) is 12.2 Å². The van der Waals surface area contributed by atoms with Crippen molar-refractivity contribution in [3.63, 3.8) is 0 Å². The molecule has 0 unspecified atom stereocenters. The molecule has 5 nitrogen and oxygen atoms in total. The molecular weight excluding hydrogens is 266 g/mol. The molecule has 0 atom stereocenters. The number of nitrogens with zero attached hydrogens (tertiary/aromatic N) is 2. The van der Waals surface area contributed by atoms with Gasteiger partial charge in [0.15, 0.2) is 0 Å². The van der Waals surface area contributed by atoms with Gasteiger partial charge in [0.25, 0.3) is 0 Å². The summed E-state index contributed by atoms with van der Waals surface area (Å²) in [5.41, 5.74) is 6.23. The Morgan fingerprint density at radius 1 is 1.14 bits per heavy atom. The highest BCUT2D eigenvalue weighted by atomic mass is 16.3. The van der Waals surface area contributed by atoms with Gasteiger partial charge in [-0.15, -0.1) is 0 Å². The lowest BCUT2D eigenvalue weighted by molar-refractivity contribution is 0.140. The van der Waals surface area contributed by atoms with Crippen LogP contribution in [-0.2, 0) is 0 Å². The largest absolute Gasteiger partial charge is 0.508 e. The van der Waals surface area contributed by atoms with E-state index in [0.717, 1.165) is 19.5 Å². The molecule has 0 bridgehead atoms. The standard InChI is InChI=1S/C16H27N3O2/c1-5-10-18(16(2,3)4)11-12-19(15(17)21)13-6-8-14(20)9-7-13/h6-9,20H,5,10-12H2,1-4H3,(H2,17,21). The Morgan fingerprint density at radius 3 is 2.14 bits per heavy atom. The number of hydrogen-bond donors (Lipinski definition) is 2. The molecule has 1 aromatic rings. The number of urea groups is 1. The average Bonchev–Trinajstić information content (AvgIpc) is 2.38. The highest BCUT2D eigenvalue weighted by molar-refractivity contribution is 5.90. The maximum absolute atomic E-state index is 11.7. The first-order valence-corrected chi connectivity index (χ1v) is 7.36. The first-order valence-electron chi connectivity index (χ1n) is 7.36. The molecule has 21 heavy (non-hydrogen) atoms. The quantitative estimate of drug-likeness (QED) is 0.847. The molecule has 3 N–H and O–H groups in total. The summed E-state index contributed by atoms with van der Waals surface area (Å²) in [4.78, 5) is 15.5. The highest BCUT2D eigenvalue weighted by Gasteiger charge is 2.22. The lowest BCUT2D eigenvalue weighted by Crippen LogP contribution is -2.48. The molecule has 0 aliphatic rings. The first-order chi connectivity index (χ1) is 9.75. The summed E-state index contributed by atoms with van der Waals surface area (Å²) in [6.07, 6.45) is 1.06. The fourth-order valence-electron chi connectivity index (χ4n) is 2.27. The molecule has 2 amide bonds. The van der Waals surface area contributed by atoms with Crippen LogP contribution in [0.1, 0.15) is 34.1 Å². The Balaban J connectivity index is 2.79. The molecule has 0 fully saturated rings. The monoisotopic (exact) mass is 293 g/mol. The number of hydrogen-bond acceptors (Lipinski definition) is 3. The van der Waals surface area contributed by atoms with Crippen molar-refractivity contribution in [2.24, 2.45) is 5.73 Å². The summed E-state index contributed by atoms with van der Waals surface area (Å²) in [5.74, 6) is 0.172. The molecule has 5 heteroatoms. The van der Waals surface area contributed by atoms with Crippen molar-refractivity contribution in [1.82, 2.24) is 4.90 Å². The van der Waals surface area contributed by atoms with Crippen molar-refractivity contribution in [1.29, 1.82) is 0 Å². The number of anilines is 1.